The molecule has 2 atom stereocenters. The van der Waals surface area contributed by atoms with Gasteiger partial charge in [0, 0.05) is 56.0 Å². The summed E-state index contributed by atoms with van der Waals surface area (Å²) in [6, 6.07) is 3.38. The van der Waals surface area contributed by atoms with Gasteiger partial charge >= 0.3 is 0 Å². The van der Waals surface area contributed by atoms with Crippen molar-refractivity contribution in [2.75, 3.05) is 80.9 Å². The standard InChI is InChI=1S/C26H39FN6O5P2/c1-25(2,38-14-9-34)4-3-23(35)30-21-15-19(26(27,39)40)18(17-28-21)20-16-22(32-5-10-36-11-6-32)31-24(29-20)33-7-12-37-13-8-33/h15-17,34H,3-14,39-40H2,1-2H3,(H,28,30,35). The smallest absolute Gasteiger partial charge is 0.228 e. The Balaban J connectivity index is 1.62. The van der Waals surface area contributed by atoms with Crippen molar-refractivity contribution in [2.24, 2.45) is 0 Å². The molecule has 14 heteroatoms. The van der Waals surface area contributed by atoms with Crippen molar-refractivity contribution in [3.63, 3.8) is 0 Å². The van der Waals surface area contributed by atoms with Crippen molar-refractivity contribution in [1.29, 1.82) is 0 Å². The normalized spacial score (nSPS) is 16.8. The van der Waals surface area contributed by atoms with Crippen LogP contribution in [-0.2, 0) is 24.2 Å². The van der Waals surface area contributed by atoms with E-state index in [1.54, 1.807) is 0 Å². The van der Waals surface area contributed by atoms with E-state index < -0.39 is 10.8 Å². The third-order valence-electron chi connectivity index (χ3n) is 6.73. The van der Waals surface area contributed by atoms with Crippen molar-refractivity contribution < 1.29 is 28.5 Å². The molecule has 1 amide bonds. The molecule has 0 spiro atoms. The minimum absolute atomic E-state index is 0.0854. The summed E-state index contributed by atoms with van der Waals surface area (Å²) in [4.78, 5) is 31.0. The van der Waals surface area contributed by atoms with E-state index in [0.29, 0.717) is 81.8 Å². The number of morpholine rings is 2. The van der Waals surface area contributed by atoms with Gasteiger partial charge in [-0.1, -0.05) is 18.5 Å². The molecule has 2 aromatic heterocycles. The summed E-state index contributed by atoms with van der Waals surface area (Å²) in [5.74, 6) is 1.26. The van der Waals surface area contributed by atoms with Crippen LogP contribution in [0, 0.1) is 0 Å². The lowest BCUT2D eigenvalue weighted by Gasteiger charge is -2.31. The highest BCUT2D eigenvalue weighted by Crippen LogP contribution is 2.45. The summed E-state index contributed by atoms with van der Waals surface area (Å²) >= 11 is 0. The zero-order chi connectivity index (χ0) is 28.8. The minimum atomic E-state index is -1.90. The molecule has 2 aliphatic heterocycles. The highest BCUT2D eigenvalue weighted by atomic mass is 31.1. The molecule has 4 heterocycles. The number of carbonyl (C=O) groups excluding carboxylic acids is 1. The SMILES string of the molecule is CC(C)(CCC(=O)Nc1cc(C(F)(P)P)c(-c2cc(N3CCOCC3)nc(N3CCOCC3)n2)cn1)OCCO. The minimum Gasteiger partial charge on any atom is -0.394 e. The zero-order valence-corrected chi connectivity index (χ0v) is 25.4. The van der Waals surface area contributed by atoms with Gasteiger partial charge in [0.15, 0.2) is 5.15 Å². The second-order valence-corrected chi connectivity index (χ2v) is 12.7. The first-order chi connectivity index (χ1) is 19.1. The molecule has 0 saturated carbocycles. The Hall–Kier alpha value is -2.07. The highest BCUT2D eigenvalue weighted by molar-refractivity contribution is 7.38. The first kappa shape index (κ1) is 30.9. The molecule has 2 aromatic rings. The van der Waals surface area contributed by atoms with Crippen LogP contribution in [0.5, 0.6) is 0 Å². The fourth-order valence-electron chi connectivity index (χ4n) is 4.48. The number of amides is 1. The molecule has 0 aliphatic carbocycles. The number of pyridine rings is 1. The van der Waals surface area contributed by atoms with Crippen molar-refractivity contribution in [2.45, 2.75) is 37.4 Å². The van der Waals surface area contributed by atoms with Crippen LogP contribution >= 0.6 is 18.5 Å². The van der Waals surface area contributed by atoms with E-state index in [4.69, 9.17) is 29.3 Å². The highest BCUT2D eigenvalue weighted by Gasteiger charge is 2.28. The van der Waals surface area contributed by atoms with E-state index in [1.807, 2.05) is 19.9 Å². The number of nitrogens with zero attached hydrogens (tertiary/aromatic N) is 5. The topological polar surface area (TPSA) is 122 Å². The third kappa shape index (κ3) is 8.47. The first-order valence-electron chi connectivity index (χ1n) is 13.4. The second kappa shape index (κ2) is 13.7. The van der Waals surface area contributed by atoms with E-state index >= 15 is 4.39 Å². The number of rotatable bonds is 11. The molecule has 11 nitrogen and oxygen atoms in total. The van der Waals surface area contributed by atoms with E-state index in [-0.39, 0.29) is 31.4 Å². The molecule has 0 aromatic carbocycles. The predicted molar refractivity (Wildman–Crippen MR) is 159 cm³/mol. The van der Waals surface area contributed by atoms with E-state index in [1.165, 1.54) is 12.3 Å². The van der Waals surface area contributed by atoms with Gasteiger partial charge in [0.25, 0.3) is 0 Å². The molecule has 2 saturated heterocycles. The number of ether oxygens (including phenoxy) is 3. The lowest BCUT2D eigenvalue weighted by Crippen LogP contribution is -2.39. The maximum absolute atomic E-state index is 15.6. The fourth-order valence-corrected chi connectivity index (χ4v) is 4.96. The summed E-state index contributed by atoms with van der Waals surface area (Å²) in [5, 5.41) is 9.86. The molecule has 2 fully saturated rings. The van der Waals surface area contributed by atoms with Crippen LogP contribution in [0.2, 0.25) is 0 Å². The Kier molecular flexibility index (Phi) is 10.6. The molecule has 4 rings (SSSR count). The Morgan fingerprint density at radius 1 is 1.10 bits per heavy atom. The lowest BCUT2D eigenvalue weighted by molar-refractivity contribution is -0.118. The van der Waals surface area contributed by atoms with Gasteiger partial charge in [0.05, 0.1) is 50.9 Å². The summed E-state index contributed by atoms with van der Waals surface area (Å²) in [6.45, 7) is 8.89. The van der Waals surface area contributed by atoms with Crippen LogP contribution < -0.4 is 15.1 Å². The monoisotopic (exact) mass is 596 g/mol. The third-order valence-corrected chi connectivity index (χ3v) is 7.35. The molecule has 40 heavy (non-hydrogen) atoms. The van der Waals surface area contributed by atoms with Gasteiger partial charge in [-0.3, -0.25) is 4.79 Å². The number of hydrogen-bond donors (Lipinski definition) is 2. The maximum atomic E-state index is 15.6. The fraction of sp³-hybridized carbons (Fsp3) is 0.615. The molecule has 0 bridgehead atoms. The largest absolute Gasteiger partial charge is 0.394 e. The summed E-state index contributed by atoms with van der Waals surface area (Å²) in [5.41, 5.74) is 0.752. The van der Waals surface area contributed by atoms with Crippen molar-refractivity contribution >= 4 is 42.0 Å². The van der Waals surface area contributed by atoms with E-state index in [9.17, 15) is 4.79 Å². The average Bonchev–Trinajstić information content (AvgIpc) is 2.95. The molecule has 2 N–H and O–H groups in total. The van der Waals surface area contributed by atoms with Crippen LogP contribution in [0.25, 0.3) is 11.3 Å². The van der Waals surface area contributed by atoms with Crippen LogP contribution in [0.15, 0.2) is 18.3 Å². The number of hydrogen-bond acceptors (Lipinski definition) is 10. The van der Waals surface area contributed by atoms with Gasteiger partial charge in [-0.25, -0.2) is 14.4 Å². The molecular weight excluding hydrogens is 557 g/mol. The van der Waals surface area contributed by atoms with E-state index in [2.05, 4.69) is 38.6 Å². The summed E-state index contributed by atoms with van der Waals surface area (Å²) < 4.78 is 32.2. The number of anilines is 3. The van der Waals surface area contributed by atoms with Gasteiger partial charge < -0.3 is 34.4 Å². The van der Waals surface area contributed by atoms with Gasteiger partial charge in [0.1, 0.15) is 11.6 Å². The first-order valence-corrected chi connectivity index (χ1v) is 14.6. The quantitative estimate of drug-likeness (QED) is 0.375. The maximum Gasteiger partial charge on any atom is 0.228 e. The van der Waals surface area contributed by atoms with Crippen LogP contribution in [0.3, 0.4) is 0 Å². The zero-order valence-electron chi connectivity index (χ0n) is 23.1. The van der Waals surface area contributed by atoms with Crippen LogP contribution in [-0.4, -0.2) is 97.4 Å². The van der Waals surface area contributed by atoms with E-state index in [0.717, 1.165) is 5.82 Å². The number of aromatic nitrogens is 3. The molecular formula is C26H39FN6O5P2. The molecule has 220 valence electrons. The van der Waals surface area contributed by atoms with Gasteiger partial charge in [-0.05, 0) is 26.3 Å². The average molecular weight is 597 g/mol. The molecule has 2 aliphatic rings. The predicted octanol–water partition coefficient (Wildman–Crippen LogP) is 2.55. The number of aliphatic hydroxyl groups excluding tert-OH is 1. The number of alkyl halides is 1. The van der Waals surface area contributed by atoms with Crippen LogP contribution in [0.4, 0.5) is 22.0 Å². The number of carbonyl (C=O) groups is 1. The van der Waals surface area contributed by atoms with Crippen molar-refractivity contribution in [3.8, 4) is 11.3 Å². The Morgan fingerprint density at radius 3 is 2.38 bits per heavy atom. The van der Waals surface area contributed by atoms with Gasteiger partial charge in [-0.15, -0.1) is 0 Å². The van der Waals surface area contributed by atoms with Gasteiger partial charge in [-0.2, -0.15) is 4.98 Å². The van der Waals surface area contributed by atoms with Crippen LogP contribution in [0.1, 0.15) is 32.3 Å². The van der Waals surface area contributed by atoms with Crippen molar-refractivity contribution in [1.82, 2.24) is 15.0 Å². The number of nitrogens with one attached hydrogen (secondary N) is 1. The molecule has 0 radical (unpaired) electrons. The summed E-state index contributed by atoms with van der Waals surface area (Å²) in [6.07, 6.45) is 2.16. The number of halogens is 1. The van der Waals surface area contributed by atoms with Gasteiger partial charge in [0.2, 0.25) is 11.9 Å². The Labute approximate surface area is 239 Å². The Bertz CT molecular complexity index is 1120. The summed E-state index contributed by atoms with van der Waals surface area (Å²) in [7, 11) is 4.38. The molecule has 2 unspecified atom stereocenters. The Morgan fingerprint density at radius 2 is 1.75 bits per heavy atom. The lowest BCUT2D eigenvalue weighted by atomic mass is 10.0. The number of aliphatic hydroxyl groups is 1. The van der Waals surface area contributed by atoms with Crippen molar-refractivity contribution in [3.05, 3.63) is 23.9 Å². The second-order valence-electron chi connectivity index (χ2n) is 10.4.